The van der Waals surface area contributed by atoms with E-state index in [2.05, 4.69) is 27.0 Å². The number of para-hydroxylation sites is 2. The van der Waals surface area contributed by atoms with Crippen LogP contribution in [0.25, 0.3) is 28.1 Å². The Kier molecular flexibility index (Phi) is 3.81. The lowest BCUT2D eigenvalue weighted by Gasteiger charge is -2.06. The number of hydrogen-bond donors (Lipinski definition) is 0. The van der Waals surface area contributed by atoms with Crippen molar-refractivity contribution in [2.75, 3.05) is 0 Å². The van der Waals surface area contributed by atoms with E-state index in [1.165, 1.54) is 12.1 Å². The van der Waals surface area contributed by atoms with Crippen LogP contribution in [-0.2, 0) is 0 Å². The van der Waals surface area contributed by atoms with E-state index in [1.54, 1.807) is 12.1 Å². The summed E-state index contributed by atoms with van der Waals surface area (Å²) in [6.45, 7) is 0. The number of benzene rings is 3. The molecule has 0 radical (unpaired) electrons. The van der Waals surface area contributed by atoms with Crippen molar-refractivity contribution in [3.8, 4) is 23.2 Å². The lowest BCUT2D eigenvalue weighted by molar-refractivity contribution is 0.628. The summed E-state index contributed by atoms with van der Waals surface area (Å²) < 4.78 is 15.3. The van der Waals surface area contributed by atoms with Crippen LogP contribution in [0.1, 0.15) is 11.3 Å². The molecule has 0 aliphatic heterocycles. The Morgan fingerprint density at radius 1 is 0.750 bits per heavy atom. The predicted molar refractivity (Wildman–Crippen MR) is 106 cm³/mol. The fraction of sp³-hybridized carbons (Fsp3) is 0. The van der Waals surface area contributed by atoms with Gasteiger partial charge in [-0.1, -0.05) is 36.3 Å². The van der Waals surface area contributed by atoms with Gasteiger partial charge in [-0.25, -0.2) is 9.37 Å². The van der Waals surface area contributed by atoms with Crippen molar-refractivity contribution in [3.63, 3.8) is 0 Å². The van der Waals surface area contributed by atoms with Crippen molar-refractivity contribution >= 4 is 16.7 Å². The van der Waals surface area contributed by atoms with Crippen LogP contribution in [0.5, 0.6) is 0 Å². The lowest BCUT2D eigenvalue weighted by Crippen LogP contribution is -1.98. The molecule has 2 heterocycles. The molecule has 0 spiro atoms. The second-order valence-corrected chi connectivity index (χ2v) is 6.25. The first-order chi connectivity index (χ1) is 13.8. The van der Waals surface area contributed by atoms with E-state index < -0.39 is 0 Å². The molecule has 0 fully saturated rings. The normalized spacial score (nSPS) is 10.8. The van der Waals surface area contributed by atoms with Crippen molar-refractivity contribution < 1.29 is 4.39 Å². The molecule has 0 saturated carbocycles. The van der Waals surface area contributed by atoms with Gasteiger partial charge in [-0.3, -0.25) is 4.40 Å². The van der Waals surface area contributed by atoms with E-state index in [9.17, 15) is 4.39 Å². The average Bonchev–Trinajstić information content (AvgIpc) is 3.19. The van der Waals surface area contributed by atoms with Crippen LogP contribution in [0.3, 0.4) is 0 Å². The van der Waals surface area contributed by atoms with E-state index >= 15 is 0 Å². The maximum atomic E-state index is 13.3. The number of fused-ring (bicyclic) bond motifs is 3. The molecule has 0 saturated heterocycles. The zero-order valence-electron chi connectivity index (χ0n) is 14.7. The minimum Gasteiger partial charge on any atom is -0.271 e. The maximum Gasteiger partial charge on any atom is 0.196 e. The van der Waals surface area contributed by atoms with Crippen molar-refractivity contribution in [3.05, 3.63) is 95.9 Å². The van der Waals surface area contributed by atoms with E-state index in [-0.39, 0.29) is 5.82 Å². The summed E-state index contributed by atoms with van der Waals surface area (Å²) in [4.78, 5) is 4.68. The highest BCUT2D eigenvalue weighted by Gasteiger charge is 2.15. The van der Waals surface area contributed by atoms with Gasteiger partial charge in [0.1, 0.15) is 5.82 Å². The topological polar surface area (TPSA) is 43.1 Å². The molecule has 0 N–H and O–H groups in total. The average molecular weight is 364 g/mol. The van der Waals surface area contributed by atoms with Crippen molar-refractivity contribution in [1.29, 1.82) is 0 Å². The molecule has 132 valence electrons. The first kappa shape index (κ1) is 16.2. The van der Waals surface area contributed by atoms with Crippen LogP contribution in [-0.4, -0.2) is 19.6 Å². The molecule has 2 aromatic heterocycles. The zero-order chi connectivity index (χ0) is 18.9. The zero-order valence-corrected chi connectivity index (χ0v) is 14.7. The monoisotopic (exact) mass is 364 g/mol. The maximum absolute atomic E-state index is 13.3. The molecule has 0 amide bonds. The Bertz CT molecular complexity index is 1360. The molecule has 5 aromatic rings. The van der Waals surface area contributed by atoms with Crippen LogP contribution < -0.4 is 0 Å². The van der Waals surface area contributed by atoms with Gasteiger partial charge in [0.25, 0.3) is 0 Å². The Labute approximate surface area is 160 Å². The predicted octanol–water partition coefficient (Wildman–Crippen LogP) is 4.48. The highest BCUT2D eigenvalue weighted by molar-refractivity contribution is 5.82. The fourth-order valence-electron chi connectivity index (χ4n) is 3.11. The molecule has 5 heteroatoms. The van der Waals surface area contributed by atoms with Gasteiger partial charge in [0.15, 0.2) is 17.2 Å². The minimum absolute atomic E-state index is 0.293. The third-order valence-electron chi connectivity index (χ3n) is 4.43. The molecule has 0 unspecified atom stereocenters. The second kappa shape index (κ2) is 6.60. The van der Waals surface area contributed by atoms with Crippen molar-refractivity contribution in [2.45, 2.75) is 0 Å². The molecule has 28 heavy (non-hydrogen) atoms. The van der Waals surface area contributed by atoms with Gasteiger partial charge in [0.2, 0.25) is 0 Å². The van der Waals surface area contributed by atoms with Crippen LogP contribution in [0.2, 0.25) is 0 Å². The number of nitrogens with zero attached hydrogens (tertiary/aromatic N) is 4. The summed E-state index contributed by atoms with van der Waals surface area (Å²) in [5, 5.41) is 8.68. The number of aromatic nitrogens is 4. The third kappa shape index (κ3) is 2.78. The molecule has 0 atom stereocenters. The summed E-state index contributed by atoms with van der Waals surface area (Å²) in [6, 6.07) is 23.7. The SMILES string of the molecule is Fc1ccc(-c2nnc3c(C#Cc4ccccc4)nc4ccccc4n23)cc1. The Morgan fingerprint density at radius 3 is 2.32 bits per heavy atom. The quantitative estimate of drug-likeness (QED) is 0.412. The van der Waals surface area contributed by atoms with E-state index in [1.807, 2.05) is 59.0 Å². The molecule has 3 aromatic carbocycles. The van der Waals surface area contributed by atoms with Crippen molar-refractivity contribution in [2.24, 2.45) is 0 Å². The van der Waals surface area contributed by atoms with Gasteiger partial charge in [-0.15, -0.1) is 10.2 Å². The third-order valence-corrected chi connectivity index (χ3v) is 4.43. The van der Waals surface area contributed by atoms with Gasteiger partial charge in [-0.05, 0) is 54.5 Å². The lowest BCUT2D eigenvalue weighted by atomic mass is 10.2. The number of hydrogen-bond acceptors (Lipinski definition) is 3. The minimum atomic E-state index is -0.293. The highest BCUT2D eigenvalue weighted by Crippen LogP contribution is 2.24. The molecular formula is C23H13FN4. The Balaban J connectivity index is 1.78. The van der Waals surface area contributed by atoms with E-state index in [0.29, 0.717) is 17.2 Å². The molecule has 5 rings (SSSR count). The largest absolute Gasteiger partial charge is 0.271 e. The molecule has 0 bridgehead atoms. The van der Waals surface area contributed by atoms with Crippen molar-refractivity contribution in [1.82, 2.24) is 19.6 Å². The standard InChI is InChI=1S/C23H13FN4/c24-18-13-11-17(12-14-18)22-26-27-23-20(15-10-16-6-2-1-3-7-16)25-19-8-4-5-9-21(19)28(22)23/h1-9,11-14H. The number of rotatable bonds is 1. The summed E-state index contributed by atoms with van der Waals surface area (Å²) in [5.41, 5.74) is 4.44. The molecule has 4 nitrogen and oxygen atoms in total. The van der Waals surface area contributed by atoms with Crippen LogP contribution in [0, 0.1) is 17.7 Å². The first-order valence-corrected chi connectivity index (χ1v) is 8.76. The Hall–Kier alpha value is -4.04. The van der Waals surface area contributed by atoms with Gasteiger partial charge >= 0.3 is 0 Å². The Morgan fingerprint density at radius 2 is 1.50 bits per heavy atom. The summed E-state index contributed by atoms with van der Waals surface area (Å²) in [6.07, 6.45) is 0. The fourth-order valence-corrected chi connectivity index (χ4v) is 3.11. The van der Waals surface area contributed by atoms with Gasteiger partial charge in [0.05, 0.1) is 11.0 Å². The van der Waals surface area contributed by atoms with Crippen LogP contribution >= 0.6 is 0 Å². The van der Waals surface area contributed by atoms with Crippen LogP contribution in [0.4, 0.5) is 4.39 Å². The van der Waals surface area contributed by atoms with Gasteiger partial charge in [0, 0.05) is 11.1 Å². The van der Waals surface area contributed by atoms with E-state index in [4.69, 9.17) is 0 Å². The number of halogens is 1. The molecule has 0 aliphatic rings. The summed E-state index contributed by atoms with van der Waals surface area (Å²) in [7, 11) is 0. The summed E-state index contributed by atoms with van der Waals surface area (Å²) >= 11 is 0. The van der Waals surface area contributed by atoms with E-state index in [0.717, 1.165) is 22.2 Å². The smallest absolute Gasteiger partial charge is 0.196 e. The second-order valence-electron chi connectivity index (χ2n) is 6.25. The van der Waals surface area contributed by atoms with Crippen LogP contribution in [0.15, 0.2) is 78.9 Å². The van der Waals surface area contributed by atoms with Gasteiger partial charge in [-0.2, -0.15) is 0 Å². The van der Waals surface area contributed by atoms with Gasteiger partial charge < -0.3 is 0 Å². The molecular weight excluding hydrogens is 351 g/mol. The highest BCUT2D eigenvalue weighted by atomic mass is 19.1. The molecule has 0 aliphatic carbocycles. The summed E-state index contributed by atoms with van der Waals surface area (Å²) in [5.74, 6) is 6.59. The first-order valence-electron chi connectivity index (χ1n) is 8.76.